The van der Waals surface area contributed by atoms with E-state index in [2.05, 4.69) is 24.0 Å². The van der Waals surface area contributed by atoms with Gasteiger partial charge in [-0.15, -0.1) is 22.9 Å². The van der Waals surface area contributed by atoms with Crippen LogP contribution >= 0.6 is 22.9 Å². The molecule has 0 radical (unpaired) electrons. The molecule has 1 aromatic carbocycles. The first-order valence-electron chi connectivity index (χ1n) is 10.6. The predicted octanol–water partition coefficient (Wildman–Crippen LogP) is 5.46. The van der Waals surface area contributed by atoms with Crippen LogP contribution in [0.4, 0.5) is 5.69 Å². The number of hydrogen-bond donors (Lipinski definition) is 2. The van der Waals surface area contributed by atoms with Gasteiger partial charge < -0.3 is 19.8 Å². The summed E-state index contributed by atoms with van der Waals surface area (Å²) in [5, 5.41) is 19.4. The zero-order valence-corrected chi connectivity index (χ0v) is 18.9. The van der Waals surface area contributed by atoms with Crippen molar-refractivity contribution in [2.45, 2.75) is 63.2 Å². The van der Waals surface area contributed by atoms with Gasteiger partial charge >= 0.3 is 5.97 Å². The summed E-state index contributed by atoms with van der Waals surface area (Å²) in [7, 11) is 0. The minimum Gasteiger partial charge on any atom is -0.477 e. The Hall–Kier alpha value is -1.60. The summed E-state index contributed by atoms with van der Waals surface area (Å²) < 4.78 is 5.89. The zero-order chi connectivity index (χ0) is 21.5. The smallest absolute Gasteiger partial charge is 0.345 e. The lowest BCUT2D eigenvalue weighted by atomic mass is 10.0. The van der Waals surface area contributed by atoms with E-state index in [1.54, 1.807) is 12.1 Å². The molecule has 0 aliphatic carbocycles. The Bertz CT molecular complexity index is 810. The van der Waals surface area contributed by atoms with Crippen LogP contribution in [0, 0.1) is 0 Å². The monoisotopic (exact) mass is 451 g/mol. The van der Waals surface area contributed by atoms with Crippen LogP contribution in [0.5, 0.6) is 0 Å². The van der Waals surface area contributed by atoms with Crippen LogP contribution < -0.4 is 4.90 Å². The van der Waals surface area contributed by atoms with Crippen LogP contribution in [0.1, 0.15) is 65.2 Å². The fourth-order valence-electron chi connectivity index (χ4n) is 3.82. The summed E-state index contributed by atoms with van der Waals surface area (Å²) in [5.74, 6) is -0.909. The van der Waals surface area contributed by atoms with E-state index in [9.17, 15) is 9.90 Å². The highest BCUT2D eigenvalue weighted by Gasteiger charge is 2.33. The lowest BCUT2D eigenvalue weighted by Crippen LogP contribution is -2.37. The fraction of sp³-hybridized carbons (Fsp3) is 0.522. The Morgan fingerprint density at radius 1 is 1.27 bits per heavy atom. The first kappa shape index (κ1) is 23.1. The van der Waals surface area contributed by atoms with Crippen molar-refractivity contribution in [2.24, 2.45) is 0 Å². The maximum Gasteiger partial charge on any atom is 0.345 e. The van der Waals surface area contributed by atoms with Crippen molar-refractivity contribution < 1.29 is 19.7 Å². The van der Waals surface area contributed by atoms with Gasteiger partial charge in [0, 0.05) is 17.1 Å². The van der Waals surface area contributed by atoms with Crippen LogP contribution in [0.15, 0.2) is 36.4 Å². The fourth-order valence-corrected chi connectivity index (χ4v) is 4.91. The van der Waals surface area contributed by atoms with Gasteiger partial charge in [-0.2, -0.15) is 0 Å². The number of benzene rings is 1. The van der Waals surface area contributed by atoms with E-state index < -0.39 is 12.1 Å². The van der Waals surface area contributed by atoms with Gasteiger partial charge in [-0.3, -0.25) is 0 Å². The largest absolute Gasteiger partial charge is 0.477 e. The Balaban J connectivity index is 1.55. The Kier molecular flexibility index (Phi) is 8.57. The van der Waals surface area contributed by atoms with Crippen molar-refractivity contribution in [1.82, 2.24) is 0 Å². The number of halogens is 1. The maximum absolute atomic E-state index is 11.0. The van der Waals surface area contributed by atoms with Gasteiger partial charge in [-0.25, -0.2) is 4.79 Å². The highest BCUT2D eigenvalue weighted by atomic mass is 35.5. The van der Waals surface area contributed by atoms with Gasteiger partial charge in [0.15, 0.2) is 0 Å². The van der Waals surface area contributed by atoms with Crippen molar-refractivity contribution in [2.75, 3.05) is 18.1 Å². The topological polar surface area (TPSA) is 70.0 Å². The molecule has 1 aliphatic rings. The number of aliphatic hydroxyl groups excluding tert-OH is 1. The van der Waals surface area contributed by atoms with E-state index >= 15 is 0 Å². The highest BCUT2D eigenvalue weighted by molar-refractivity contribution is 7.13. The molecule has 2 aromatic rings. The number of carbonyl (C=O) groups is 1. The van der Waals surface area contributed by atoms with Crippen LogP contribution in [0.2, 0.25) is 0 Å². The predicted molar refractivity (Wildman–Crippen MR) is 122 cm³/mol. The number of aliphatic hydroxyl groups is 1. The summed E-state index contributed by atoms with van der Waals surface area (Å²) in [6, 6.07) is 11.6. The second-order valence-corrected chi connectivity index (χ2v) is 9.48. The summed E-state index contributed by atoms with van der Waals surface area (Å²) in [5.41, 5.74) is 2.04. The minimum absolute atomic E-state index is 0.00206. The number of carboxylic acids is 1. The third kappa shape index (κ3) is 5.97. The van der Waals surface area contributed by atoms with Crippen LogP contribution in [0.3, 0.4) is 0 Å². The first-order chi connectivity index (χ1) is 14.5. The molecule has 0 spiro atoms. The van der Waals surface area contributed by atoms with E-state index in [-0.39, 0.29) is 11.4 Å². The number of alkyl halides is 1. The number of anilines is 1. The molecule has 3 atom stereocenters. The number of unbranched alkanes of at least 4 members (excludes halogenated alkanes) is 2. The standard InChI is InChI=1S/C23H30ClNO4S/c1-2-3-4-5-21(26)16-6-8-17(9-7-16)25-13-12-19(24)20(25)15-29-14-18-10-11-22(30-18)23(27)28/h6-11,19-21,26H,2-5,12-15H2,1H3,(H,27,28)/t19-,20+,21?/m0/s1. The molecular formula is C23H30ClNO4S. The Morgan fingerprint density at radius 3 is 2.70 bits per heavy atom. The lowest BCUT2D eigenvalue weighted by molar-refractivity contribution is 0.0702. The molecule has 1 saturated heterocycles. The average Bonchev–Trinajstić information content (AvgIpc) is 3.36. The summed E-state index contributed by atoms with van der Waals surface area (Å²) in [4.78, 5) is 14.5. The molecule has 5 nitrogen and oxygen atoms in total. The number of rotatable bonds is 11. The Morgan fingerprint density at radius 2 is 2.03 bits per heavy atom. The number of ether oxygens (including phenoxy) is 1. The molecule has 1 aromatic heterocycles. The third-order valence-electron chi connectivity index (χ3n) is 5.56. The van der Waals surface area contributed by atoms with Crippen molar-refractivity contribution in [3.63, 3.8) is 0 Å². The minimum atomic E-state index is -0.909. The highest BCUT2D eigenvalue weighted by Crippen LogP contribution is 2.31. The molecule has 1 unspecified atom stereocenters. The van der Waals surface area contributed by atoms with E-state index in [0.29, 0.717) is 18.1 Å². The SMILES string of the molecule is CCCCCC(O)c1ccc(N2CC[C@H](Cl)[C@H]2COCc2ccc(C(=O)O)s2)cc1. The van der Waals surface area contributed by atoms with Crippen molar-refractivity contribution in [3.8, 4) is 0 Å². The number of thiophene rings is 1. The van der Waals surface area contributed by atoms with Gasteiger partial charge in [0.05, 0.1) is 30.7 Å². The average molecular weight is 452 g/mol. The molecule has 164 valence electrons. The molecule has 1 fully saturated rings. The van der Waals surface area contributed by atoms with Crippen molar-refractivity contribution in [1.29, 1.82) is 0 Å². The lowest BCUT2D eigenvalue weighted by Gasteiger charge is -2.28. The van der Waals surface area contributed by atoms with E-state index in [4.69, 9.17) is 21.4 Å². The number of carboxylic acid groups (broad SMARTS) is 1. The van der Waals surface area contributed by atoms with Crippen LogP contribution in [-0.2, 0) is 11.3 Å². The van der Waals surface area contributed by atoms with Gasteiger partial charge in [0.25, 0.3) is 0 Å². The van der Waals surface area contributed by atoms with E-state index in [0.717, 1.165) is 54.8 Å². The van der Waals surface area contributed by atoms with Gasteiger partial charge in [0.1, 0.15) is 4.88 Å². The molecule has 0 bridgehead atoms. The van der Waals surface area contributed by atoms with Gasteiger partial charge in [0.2, 0.25) is 0 Å². The van der Waals surface area contributed by atoms with Gasteiger partial charge in [-0.05, 0) is 42.7 Å². The zero-order valence-electron chi connectivity index (χ0n) is 17.3. The molecule has 2 heterocycles. The first-order valence-corrected chi connectivity index (χ1v) is 11.8. The molecule has 0 amide bonds. The maximum atomic E-state index is 11.0. The quantitative estimate of drug-likeness (QED) is 0.350. The van der Waals surface area contributed by atoms with E-state index in [1.807, 2.05) is 12.1 Å². The molecule has 1 aliphatic heterocycles. The molecule has 0 saturated carbocycles. The van der Waals surface area contributed by atoms with Crippen LogP contribution in [-0.4, -0.2) is 40.8 Å². The third-order valence-corrected chi connectivity index (χ3v) is 7.12. The van der Waals surface area contributed by atoms with Crippen molar-refractivity contribution in [3.05, 3.63) is 51.7 Å². The summed E-state index contributed by atoms with van der Waals surface area (Å²) >= 11 is 7.80. The van der Waals surface area contributed by atoms with Gasteiger partial charge in [-0.1, -0.05) is 38.3 Å². The normalized spacial score (nSPS) is 19.9. The van der Waals surface area contributed by atoms with Crippen molar-refractivity contribution >= 4 is 34.6 Å². The van der Waals surface area contributed by atoms with Crippen LogP contribution in [0.25, 0.3) is 0 Å². The summed E-state index contributed by atoms with van der Waals surface area (Å²) in [6.45, 7) is 3.89. The Labute approximate surface area is 187 Å². The molecule has 2 N–H and O–H groups in total. The summed E-state index contributed by atoms with van der Waals surface area (Å²) in [6.07, 6.45) is 4.60. The molecule has 7 heteroatoms. The second-order valence-electron chi connectivity index (χ2n) is 7.75. The number of nitrogens with zero attached hydrogens (tertiary/aromatic N) is 1. The number of hydrogen-bond acceptors (Lipinski definition) is 5. The molecule has 3 rings (SSSR count). The van der Waals surface area contributed by atoms with E-state index in [1.165, 1.54) is 11.3 Å². The molecular weight excluding hydrogens is 422 g/mol. The number of aromatic carboxylic acids is 1. The molecule has 30 heavy (non-hydrogen) atoms. The second kappa shape index (κ2) is 11.1.